The van der Waals surface area contributed by atoms with Gasteiger partial charge in [-0.15, -0.1) is 0 Å². The molecule has 0 spiro atoms. The molecule has 0 aliphatic rings. The highest BCUT2D eigenvalue weighted by Crippen LogP contribution is 2.01. The average molecular weight is 302 g/mol. The third kappa shape index (κ3) is 10.6. The summed E-state index contributed by atoms with van der Waals surface area (Å²) in [5.74, 6) is 0.0296. The van der Waals surface area contributed by atoms with Crippen LogP contribution in [0.2, 0.25) is 0 Å². The minimum atomic E-state index is -3.17. The van der Waals surface area contributed by atoms with Crippen molar-refractivity contribution in [1.29, 1.82) is 0 Å². The molecule has 0 bridgehead atoms. The molecule has 6 heteroatoms. The molecule has 0 saturated carbocycles. The number of alkyl halides is 1. The molecule has 0 saturated heterocycles. The summed E-state index contributed by atoms with van der Waals surface area (Å²) in [7, 11) is -3.17. The number of hydrogen-bond donors (Lipinski definition) is 1. The Bertz CT molecular complexity index is 232. The van der Waals surface area contributed by atoms with Gasteiger partial charge in [0.15, 0.2) is 0 Å². The maximum absolute atomic E-state index is 11.4. The Labute approximate surface area is 101 Å². The standard InChI is InChI=1S/C9H20BrNO3S/c1-8(2)14-6-7-15(12,13)11-5-4-9(3)10/h8-9,11H,4-7H2,1-3H3. The van der Waals surface area contributed by atoms with Crippen molar-refractivity contribution < 1.29 is 13.2 Å². The van der Waals surface area contributed by atoms with E-state index in [1.165, 1.54) is 0 Å². The highest BCUT2D eigenvalue weighted by molar-refractivity contribution is 9.09. The topological polar surface area (TPSA) is 55.4 Å². The molecule has 0 aromatic heterocycles. The van der Waals surface area contributed by atoms with Crippen molar-refractivity contribution in [3.63, 3.8) is 0 Å². The van der Waals surface area contributed by atoms with Crippen LogP contribution in [0.25, 0.3) is 0 Å². The van der Waals surface area contributed by atoms with E-state index in [9.17, 15) is 8.42 Å². The van der Waals surface area contributed by atoms with Crippen LogP contribution in [0, 0.1) is 0 Å². The summed E-state index contributed by atoms with van der Waals surface area (Å²) in [5.41, 5.74) is 0. The van der Waals surface area contributed by atoms with Gasteiger partial charge in [-0.3, -0.25) is 0 Å². The van der Waals surface area contributed by atoms with E-state index in [2.05, 4.69) is 20.7 Å². The van der Waals surface area contributed by atoms with Crippen LogP contribution < -0.4 is 4.72 Å². The highest BCUT2D eigenvalue weighted by atomic mass is 79.9. The van der Waals surface area contributed by atoms with Gasteiger partial charge in [0.1, 0.15) is 0 Å². The lowest BCUT2D eigenvalue weighted by atomic mass is 10.3. The lowest BCUT2D eigenvalue weighted by molar-refractivity contribution is 0.0911. The molecule has 92 valence electrons. The van der Waals surface area contributed by atoms with E-state index >= 15 is 0 Å². The van der Waals surface area contributed by atoms with Gasteiger partial charge in [0, 0.05) is 11.4 Å². The van der Waals surface area contributed by atoms with Crippen LogP contribution in [0.4, 0.5) is 0 Å². The Hall–Kier alpha value is 0.350. The summed E-state index contributed by atoms with van der Waals surface area (Å²) in [6.45, 7) is 6.46. The van der Waals surface area contributed by atoms with Gasteiger partial charge in [0.25, 0.3) is 0 Å². The monoisotopic (exact) mass is 301 g/mol. The zero-order chi connectivity index (χ0) is 11.9. The molecule has 0 rings (SSSR count). The molecule has 0 aromatic rings. The van der Waals surface area contributed by atoms with Gasteiger partial charge in [0.05, 0.1) is 18.5 Å². The number of halogens is 1. The molecule has 0 fully saturated rings. The molecule has 1 N–H and O–H groups in total. The van der Waals surface area contributed by atoms with Crippen LogP contribution in [0.1, 0.15) is 27.2 Å². The van der Waals surface area contributed by atoms with Gasteiger partial charge in [-0.25, -0.2) is 13.1 Å². The van der Waals surface area contributed by atoms with Crippen molar-refractivity contribution in [3.05, 3.63) is 0 Å². The van der Waals surface area contributed by atoms with Gasteiger partial charge in [-0.1, -0.05) is 22.9 Å². The minimum Gasteiger partial charge on any atom is -0.378 e. The number of hydrogen-bond acceptors (Lipinski definition) is 3. The fraction of sp³-hybridized carbons (Fsp3) is 1.00. The molecule has 1 atom stereocenters. The van der Waals surface area contributed by atoms with Crippen molar-refractivity contribution in [3.8, 4) is 0 Å². The van der Waals surface area contributed by atoms with E-state index in [0.29, 0.717) is 11.4 Å². The number of rotatable bonds is 8. The Morgan fingerprint density at radius 1 is 1.33 bits per heavy atom. The third-order valence-electron chi connectivity index (χ3n) is 1.67. The quantitative estimate of drug-likeness (QED) is 0.691. The fourth-order valence-electron chi connectivity index (χ4n) is 0.879. The van der Waals surface area contributed by atoms with E-state index in [1.807, 2.05) is 20.8 Å². The minimum absolute atomic E-state index is 0.0296. The van der Waals surface area contributed by atoms with Crippen molar-refractivity contribution in [2.24, 2.45) is 0 Å². The van der Waals surface area contributed by atoms with Gasteiger partial charge in [-0.05, 0) is 20.3 Å². The predicted octanol–water partition coefficient (Wildman–Crippen LogP) is 1.50. The maximum Gasteiger partial charge on any atom is 0.213 e. The predicted molar refractivity (Wildman–Crippen MR) is 65.9 cm³/mol. The Balaban J connectivity index is 3.68. The first-order valence-corrected chi connectivity index (χ1v) is 7.63. The molecule has 0 aliphatic carbocycles. The maximum atomic E-state index is 11.4. The smallest absolute Gasteiger partial charge is 0.213 e. The number of nitrogens with one attached hydrogen (secondary N) is 1. The van der Waals surface area contributed by atoms with E-state index in [0.717, 1.165) is 6.42 Å². The van der Waals surface area contributed by atoms with Crippen molar-refractivity contribution in [1.82, 2.24) is 4.72 Å². The summed E-state index contributed by atoms with van der Waals surface area (Å²) in [4.78, 5) is 0.326. The lowest BCUT2D eigenvalue weighted by Crippen LogP contribution is -2.30. The second-order valence-electron chi connectivity index (χ2n) is 3.70. The van der Waals surface area contributed by atoms with Gasteiger partial charge in [-0.2, -0.15) is 0 Å². The molecule has 4 nitrogen and oxygen atoms in total. The molecular formula is C9H20BrNO3S. The molecule has 0 amide bonds. The molecule has 15 heavy (non-hydrogen) atoms. The second kappa shape index (κ2) is 7.60. The summed E-state index contributed by atoms with van der Waals surface area (Å²) in [5, 5.41) is 0. The van der Waals surface area contributed by atoms with E-state index in [1.54, 1.807) is 0 Å². The van der Waals surface area contributed by atoms with Crippen LogP contribution in [-0.4, -0.2) is 38.3 Å². The largest absolute Gasteiger partial charge is 0.378 e. The average Bonchev–Trinajstić information content (AvgIpc) is 2.01. The van der Waals surface area contributed by atoms with Gasteiger partial charge >= 0.3 is 0 Å². The molecule has 0 radical (unpaired) electrons. The van der Waals surface area contributed by atoms with Crippen molar-refractivity contribution in [2.75, 3.05) is 18.9 Å². The SMILES string of the molecule is CC(Br)CCNS(=O)(=O)CCOC(C)C. The summed E-state index contributed by atoms with van der Waals surface area (Å²) >= 11 is 3.35. The van der Waals surface area contributed by atoms with Crippen LogP contribution >= 0.6 is 15.9 Å². The van der Waals surface area contributed by atoms with Crippen LogP contribution in [0.5, 0.6) is 0 Å². The lowest BCUT2D eigenvalue weighted by Gasteiger charge is -2.09. The molecule has 1 unspecified atom stereocenters. The summed E-state index contributed by atoms with van der Waals surface area (Å²) in [6, 6.07) is 0. The Morgan fingerprint density at radius 2 is 1.93 bits per heavy atom. The van der Waals surface area contributed by atoms with Gasteiger partial charge < -0.3 is 4.74 Å². The van der Waals surface area contributed by atoms with E-state index < -0.39 is 10.0 Å². The van der Waals surface area contributed by atoms with E-state index in [-0.39, 0.29) is 18.5 Å². The first-order valence-electron chi connectivity index (χ1n) is 5.06. The van der Waals surface area contributed by atoms with Crippen LogP contribution in [0.3, 0.4) is 0 Å². The van der Waals surface area contributed by atoms with E-state index in [4.69, 9.17) is 4.74 Å². The third-order valence-corrected chi connectivity index (χ3v) is 3.47. The van der Waals surface area contributed by atoms with Crippen molar-refractivity contribution in [2.45, 2.75) is 38.1 Å². The highest BCUT2D eigenvalue weighted by Gasteiger charge is 2.10. The van der Waals surface area contributed by atoms with Crippen LogP contribution in [-0.2, 0) is 14.8 Å². The zero-order valence-corrected chi connectivity index (χ0v) is 11.9. The molecule has 0 aromatic carbocycles. The summed E-state index contributed by atoms with van der Waals surface area (Å²) < 4.78 is 30.5. The molecular weight excluding hydrogens is 282 g/mol. The second-order valence-corrected chi connectivity index (χ2v) is 7.19. The van der Waals surface area contributed by atoms with Crippen molar-refractivity contribution >= 4 is 26.0 Å². The Kier molecular flexibility index (Phi) is 7.77. The number of sulfonamides is 1. The van der Waals surface area contributed by atoms with Crippen LogP contribution in [0.15, 0.2) is 0 Å². The van der Waals surface area contributed by atoms with Gasteiger partial charge in [0.2, 0.25) is 10.0 Å². The molecule has 0 heterocycles. The first kappa shape index (κ1) is 15.3. The summed E-state index contributed by atoms with van der Waals surface area (Å²) in [6.07, 6.45) is 0.854. The first-order chi connectivity index (χ1) is 6.83. The Morgan fingerprint density at radius 3 is 2.40 bits per heavy atom. The zero-order valence-electron chi connectivity index (χ0n) is 9.49. The normalized spacial score (nSPS) is 14.5. The molecule has 0 aliphatic heterocycles. The number of ether oxygens (including phenoxy) is 1. The fourth-order valence-corrected chi connectivity index (χ4v) is 2.00.